The number of benzene rings is 1. The van der Waals surface area contributed by atoms with Crippen molar-refractivity contribution in [3.8, 4) is 0 Å². The van der Waals surface area contributed by atoms with Crippen LogP contribution < -0.4 is 5.14 Å². The molecule has 0 saturated carbocycles. The standard InChI is InChI=1S/C15H22N4O2S/c1-11-2-3-13-14(8-11)18-15(17-13)9-19-6-4-12(5-7-19)10-22(16,20)21/h2-3,8,12H,4-7,9-10H2,1H3,(H,17,18)(H2,16,20,21). The maximum absolute atomic E-state index is 11.1. The van der Waals surface area contributed by atoms with E-state index in [1.54, 1.807) is 0 Å². The fourth-order valence-electron chi connectivity index (χ4n) is 3.10. The predicted molar refractivity (Wildman–Crippen MR) is 86.8 cm³/mol. The van der Waals surface area contributed by atoms with Gasteiger partial charge in [-0.05, 0) is 56.5 Å². The third-order valence-electron chi connectivity index (χ3n) is 4.23. The number of nitrogens with zero attached hydrogens (tertiary/aromatic N) is 2. The van der Waals surface area contributed by atoms with Gasteiger partial charge in [-0.15, -0.1) is 0 Å². The topological polar surface area (TPSA) is 92.1 Å². The van der Waals surface area contributed by atoms with Crippen LogP contribution in [0.2, 0.25) is 0 Å². The van der Waals surface area contributed by atoms with Crippen LogP contribution >= 0.6 is 0 Å². The average molecular weight is 322 g/mol. The quantitative estimate of drug-likeness (QED) is 0.889. The molecule has 1 aromatic carbocycles. The summed E-state index contributed by atoms with van der Waals surface area (Å²) in [5.74, 6) is 1.25. The molecule has 0 aliphatic carbocycles. The lowest BCUT2D eigenvalue weighted by atomic mass is 9.99. The van der Waals surface area contributed by atoms with Gasteiger partial charge in [0.05, 0.1) is 23.3 Å². The number of aromatic amines is 1. The molecule has 1 aliphatic heterocycles. The number of likely N-dealkylation sites (tertiary alicyclic amines) is 1. The summed E-state index contributed by atoms with van der Waals surface area (Å²) in [7, 11) is -3.36. The molecule has 1 aliphatic rings. The molecule has 120 valence electrons. The number of aryl methyl sites for hydroxylation is 1. The fourth-order valence-corrected chi connectivity index (χ4v) is 4.09. The SMILES string of the molecule is Cc1ccc2nc(CN3CCC(CS(N)(=O)=O)CC3)[nH]c2c1. The molecule has 0 atom stereocenters. The van der Waals surface area contributed by atoms with Gasteiger partial charge in [0.25, 0.3) is 0 Å². The molecule has 0 unspecified atom stereocenters. The van der Waals surface area contributed by atoms with E-state index in [4.69, 9.17) is 5.14 Å². The van der Waals surface area contributed by atoms with Gasteiger partial charge in [-0.25, -0.2) is 18.5 Å². The minimum absolute atomic E-state index is 0.102. The zero-order valence-electron chi connectivity index (χ0n) is 12.7. The van der Waals surface area contributed by atoms with Gasteiger partial charge in [0, 0.05) is 0 Å². The number of rotatable bonds is 4. The Balaban J connectivity index is 1.60. The third-order valence-corrected chi connectivity index (χ3v) is 5.17. The van der Waals surface area contributed by atoms with E-state index < -0.39 is 10.0 Å². The molecule has 0 radical (unpaired) electrons. The van der Waals surface area contributed by atoms with Crippen LogP contribution in [0.25, 0.3) is 11.0 Å². The molecule has 1 saturated heterocycles. The molecular formula is C15H22N4O2S. The zero-order valence-corrected chi connectivity index (χ0v) is 13.6. The van der Waals surface area contributed by atoms with Gasteiger partial charge >= 0.3 is 0 Å². The number of hydrogen-bond acceptors (Lipinski definition) is 4. The normalized spacial score (nSPS) is 18.1. The predicted octanol–water partition coefficient (Wildman–Crippen LogP) is 1.37. The van der Waals surface area contributed by atoms with Crippen molar-refractivity contribution in [3.05, 3.63) is 29.6 Å². The van der Waals surface area contributed by atoms with E-state index in [1.165, 1.54) is 5.56 Å². The Morgan fingerprint density at radius 2 is 2.09 bits per heavy atom. The first-order valence-corrected chi connectivity index (χ1v) is 9.29. The van der Waals surface area contributed by atoms with Crippen LogP contribution in [0.15, 0.2) is 18.2 Å². The van der Waals surface area contributed by atoms with Crippen LogP contribution in [0.4, 0.5) is 0 Å². The van der Waals surface area contributed by atoms with Crippen molar-refractivity contribution in [1.29, 1.82) is 0 Å². The van der Waals surface area contributed by atoms with E-state index in [0.29, 0.717) is 0 Å². The van der Waals surface area contributed by atoms with Crippen LogP contribution in [0, 0.1) is 12.8 Å². The molecule has 0 amide bonds. The number of sulfonamides is 1. The van der Waals surface area contributed by atoms with E-state index in [-0.39, 0.29) is 11.7 Å². The number of H-pyrrole nitrogens is 1. The maximum Gasteiger partial charge on any atom is 0.209 e. The first-order chi connectivity index (χ1) is 10.4. The van der Waals surface area contributed by atoms with Crippen molar-refractivity contribution >= 4 is 21.1 Å². The van der Waals surface area contributed by atoms with Crippen molar-refractivity contribution in [1.82, 2.24) is 14.9 Å². The summed E-state index contributed by atoms with van der Waals surface area (Å²) in [6.07, 6.45) is 1.74. The van der Waals surface area contributed by atoms with Crippen LogP contribution in [0.3, 0.4) is 0 Å². The Kier molecular flexibility index (Phi) is 4.20. The lowest BCUT2D eigenvalue weighted by Crippen LogP contribution is -2.36. The van der Waals surface area contributed by atoms with Crippen molar-refractivity contribution in [2.75, 3.05) is 18.8 Å². The summed E-state index contributed by atoms with van der Waals surface area (Å²) in [4.78, 5) is 10.3. The Hall–Kier alpha value is -1.44. The van der Waals surface area contributed by atoms with Crippen LogP contribution in [0.5, 0.6) is 0 Å². The maximum atomic E-state index is 11.1. The van der Waals surface area contributed by atoms with Crippen molar-refractivity contribution in [2.45, 2.75) is 26.3 Å². The minimum Gasteiger partial charge on any atom is -0.341 e. The van der Waals surface area contributed by atoms with Gasteiger partial charge in [0.15, 0.2) is 0 Å². The Morgan fingerprint density at radius 3 is 2.77 bits per heavy atom. The number of piperidine rings is 1. The lowest BCUT2D eigenvalue weighted by Gasteiger charge is -2.30. The minimum atomic E-state index is -3.36. The van der Waals surface area contributed by atoms with E-state index >= 15 is 0 Å². The van der Waals surface area contributed by atoms with Gasteiger partial charge in [-0.3, -0.25) is 4.90 Å². The molecule has 0 bridgehead atoms. The van der Waals surface area contributed by atoms with Gasteiger partial charge in [0.2, 0.25) is 10.0 Å². The Morgan fingerprint density at radius 1 is 1.36 bits per heavy atom. The first kappa shape index (κ1) is 15.5. The van der Waals surface area contributed by atoms with Crippen LogP contribution in [-0.2, 0) is 16.6 Å². The number of nitrogens with one attached hydrogen (secondary N) is 1. The summed E-state index contributed by atoms with van der Waals surface area (Å²) in [6, 6.07) is 6.19. The van der Waals surface area contributed by atoms with Gasteiger partial charge in [0.1, 0.15) is 5.82 Å². The second-order valence-electron chi connectivity index (χ2n) is 6.25. The highest BCUT2D eigenvalue weighted by Crippen LogP contribution is 2.20. The molecule has 2 aromatic rings. The molecule has 3 N–H and O–H groups in total. The number of imidazole rings is 1. The number of hydrogen-bond donors (Lipinski definition) is 2. The largest absolute Gasteiger partial charge is 0.341 e. The monoisotopic (exact) mass is 322 g/mol. The number of aromatic nitrogens is 2. The lowest BCUT2D eigenvalue weighted by molar-refractivity contribution is 0.183. The summed E-state index contributed by atoms with van der Waals surface area (Å²) >= 11 is 0. The molecule has 1 fully saturated rings. The highest BCUT2D eigenvalue weighted by molar-refractivity contribution is 7.89. The molecule has 3 rings (SSSR count). The van der Waals surface area contributed by atoms with E-state index in [2.05, 4.69) is 33.9 Å². The van der Waals surface area contributed by atoms with E-state index in [0.717, 1.165) is 49.3 Å². The smallest absolute Gasteiger partial charge is 0.209 e. The number of fused-ring (bicyclic) bond motifs is 1. The zero-order chi connectivity index (χ0) is 15.7. The van der Waals surface area contributed by atoms with Gasteiger partial charge in [-0.2, -0.15) is 0 Å². The molecular weight excluding hydrogens is 300 g/mol. The van der Waals surface area contributed by atoms with Crippen molar-refractivity contribution in [3.63, 3.8) is 0 Å². The van der Waals surface area contributed by atoms with Crippen LogP contribution in [-0.4, -0.2) is 42.1 Å². The highest BCUT2D eigenvalue weighted by atomic mass is 32.2. The van der Waals surface area contributed by atoms with Crippen molar-refractivity contribution < 1.29 is 8.42 Å². The van der Waals surface area contributed by atoms with Gasteiger partial charge < -0.3 is 4.98 Å². The summed E-state index contributed by atoms with van der Waals surface area (Å²) in [5, 5.41) is 5.12. The molecule has 1 aromatic heterocycles. The summed E-state index contributed by atoms with van der Waals surface area (Å²) < 4.78 is 22.3. The molecule has 6 nitrogen and oxygen atoms in total. The van der Waals surface area contributed by atoms with Gasteiger partial charge in [-0.1, -0.05) is 6.07 Å². The molecule has 22 heavy (non-hydrogen) atoms. The summed E-state index contributed by atoms with van der Waals surface area (Å²) in [5.41, 5.74) is 3.27. The highest BCUT2D eigenvalue weighted by Gasteiger charge is 2.23. The van der Waals surface area contributed by atoms with E-state index in [9.17, 15) is 8.42 Å². The first-order valence-electron chi connectivity index (χ1n) is 7.57. The Labute approximate surface area is 130 Å². The van der Waals surface area contributed by atoms with Crippen LogP contribution in [0.1, 0.15) is 24.2 Å². The van der Waals surface area contributed by atoms with Crippen molar-refractivity contribution in [2.24, 2.45) is 11.1 Å². The number of primary sulfonamides is 1. The second-order valence-corrected chi connectivity index (χ2v) is 7.91. The average Bonchev–Trinajstić information content (AvgIpc) is 2.80. The second kappa shape index (κ2) is 5.98. The van der Waals surface area contributed by atoms with E-state index in [1.807, 2.05) is 6.07 Å². The molecule has 7 heteroatoms. The Bertz CT molecular complexity index is 761. The summed E-state index contributed by atoms with van der Waals surface area (Å²) in [6.45, 7) is 4.61. The molecule has 2 heterocycles. The fraction of sp³-hybridized carbons (Fsp3) is 0.533. The third kappa shape index (κ3) is 3.85. The number of nitrogens with two attached hydrogens (primary N) is 1. The molecule has 0 spiro atoms.